The molecule has 0 saturated heterocycles. The molecule has 1 atom stereocenters. The molecule has 0 radical (unpaired) electrons. The lowest BCUT2D eigenvalue weighted by Gasteiger charge is -2.16. The number of anilines is 1. The fraction of sp³-hybridized carbons (Fsp3) is 0.0909. The molecule has 1 amide bonds. The van der Waals surface area contributed by atoms with E-state index in [1.54, 1.807) is 37.3 Å². The van der Waals surface area contributed by atoms with E-state index < -0.39 is 29.1 Å². The number of phenols is 2. The van der Waals surface area contributed by atoms with Crippen molar-refractivity contribution in [3.63, 3.8) is 0 Å². The van der Waals surface area contributed by atoms with Crippen LogP contribution < -0.4 is 5.32 Å². The van der Waals surface area contributed by atoms with Crippen molar-refractivity contribution in [2.75, 3.05) is 5.32 Å². The summed E-state index contributed by atoms with van der Waals surface area (Å²) in [5.74, 6) is -4.31. The van der Waals surface area contributed by atoms with Gasteiger partial charge in [0.25, 0.3) is 5.91 Å². The lowest BCUT2D eigenvalue weighted by atomic mass is 9.91. The van der Waals surface area contributed by atoms with Crippen LogP contribution in [-0.4, -0.2) is 16.1 Å². The van der Waals surface area contributed by atoms with Crippen molar-refractivity contribution < 1.29 is 19.4 Å². The summed E-state index contributed by atoms with van der Waals surface area (Å²) < 4.78 is 13.3. The van der Waals surface area contributed by atoms with Crippen molar-refractivity contribution in [2.24, 2.45) is 0 Å². The summed E-state index contributed by atoms with van der Waals surface area (Å²) in [6.45, 7) is 1.72. The quantitative estimate of drug-likeness (QED) is 0.445. The summed E-state index contributed by atoms with van der Waals surface area (Å²) in [6.07, 6.45) is 0. The van der Waals surface area contributed by atoms with Crippen molar-refractivity contribution in [1.29, 1.82) is 5.26 Å². The topological polar surface area (TPSA) is 93.4 Å². The Morgan fingerprint density at radius 1 is 1.10 bits per heavy atom. The highest BCUT2D eigenvalue weighted by Crippen LogP contribution is 2.36. The van der Waals surface area contributed by atoms with Crippen LogP contribution in [0.15, 0.2) is 48.5 Å². The molecule has 0 saturated carbocycles. The second-order valence-electron chi connectivity index (χ2n) is 6.55. The molecule has 0 aliphatic carbocycles. The third-order valence-electron chi connectivity index (χ3n) is 4.58. The van der Waals surface area contributed by atoms with Crippen LogP contribution in [0.5, 0.6) is 11.5 Å². The molecule has 0 aromatic heterocycles. The maximum absolute atomic E-state index is 13.3. The minimum atomic E-state index is -1.04. The first-order chi connectivity index (χ1) is 14.2. The minimum Gasteiger partial charge on any atom is -0.504 e. The standard InChI is InChI=1S/C22H15Cl2FN2O3/c1-11-8-15(16(10-26)12-2-4-13(23)5-3-12)17(24)9-19(11)27-22(30)14-6-7-18(25)21(29)20(14)28/h2-9,16,28-29H,1H3,(H,27,30). The first-order valence-corrected chi connectivity index (χ1v) is 9.45. The number of aryl methyl sites for hydroxylation is 1. The number of amides is 1. The van der Waals surface area contributed by atoms with Gasteiger partial charge in [0, 0.05) is 15.7 Å². The van der Waals surface area contributed by atoms with Crippen LogP contribution in [0.2, 0.25) is 10.0 Å². The SMILES string of the molecule is Cc1cc(C(C#N)c2ccc(Cl)cc2)c(Cl)cc1NC(=O)c1ccc(F)c(O)c1O. The summed E-state index contributed by atoms with van der Waals surface area (Å²) in [7, 11) is 0. The molecule has 30 heavy (non-hydrogen) atoms. The Morgan fingerprint density at radius 3 is 2.40 bits per heavy atom. The van der Waals surface area contributed by atoms with Crippen molar-refractivity contribution in [2.45, 2.75) is 12.8 Å². The first-order valence-electron chi connectivity index (χ1n) is 8.69. The van der Waals surface area contributed by atoms with Crippen LogP contribution in [0.4, 0.5) is 10.1 Å². The number of nitriles is 1. The largest absolute Gasteiger partial charge is 0.504 e. The van der Waals surface area contributed by atoms with Gasteiger partial charge in [0.15, 0.2) is 17.3 Å². The highest BCUT2D eigenvalue weighted by atomic mass is 35.5. The number of benzene rings is 3. The van der Waals surface area contributed by atoms with Gasteiger partial charge < -0.3 is 15.5 Å². The third-order valence-corrected chi connectivity index (χ3v) is 5.16. The molecule has 0 aliphatic rings. The predicted octanol–water partition coefficient (Wildman–Crippen LogP) is 5.76. The van der Waals surface area contributed by atoms with Crippen molar-refractivity contribution in [3.05, 3.63) is 86.6 Å². The Balaban J connectivity index is 1.93. The molecule has 0 heterocycles. The molecule has 1 unspecified atom stereocenters. The fourth-order valence-corrected chi connectivity index (χ4v) is 3.37. The Labute approximate surface area is 181 Å². The van der Waals surface area contributed by atoms with E-state index in [4.69, 9.17) is 23.2 Å². The zero-order chi connectivity index (χ0) is 22.0. The average Bonchev–Trinajstić information content (AvgIpc) is 2.71. The van der Waals surface area contributed by atoms with Crippen LogP contribution in [0.1, 0.15) is 33.0 Å². The van der Waals surface area contributed by atoms with Crippen LogP contribution in [0.3, 0.4) is 0 Å². The van der Waals surface area contributed by atoms with Gasteiger partial charge in [-0.3, -0.25) is 4.79 Å². The lowest BCUT2D eigenvalue weighted by molar-refractivity contribution is 0.102. The van der Waals surface area contributed by atoms with E-state index in [1.165, 1.54) is 6.07 Å². The van der Waals surface area contributed by atoms with Gasteiger partial charge >= 0.3 is 0 Å². The fourth-order valence-electron chi connectivity index (χ4n) is 2.97. The van der Waals surface area contributed by atoms with Gasteiger partial charge in [0.1, 0.15) is 0 Å². The number of nitrogens with one attached hydrogen (secondary N) is 1. The van der Waals surface area contributed by atoms with Gasteiger partial charge in [0.2, 0.25) is 0 Å². The Morgan fingerprint density at radius 2 is 1.77 bits per heavy atom. The molecule has 152 valence electrons. The minimum absolute atomic E-state index is 0.253. The zero-order valence-electron chi connectivity index (χ0n) is 15.6. The number of rotatable bonds is 4. The van der Waals surface area contributed by atoms with Crippen molar-refractivity contribution >= 4 is 34.8 Å². The summed E-state index contributed by atoms with van der Waals surface area (Å²) in [4.78, 5) is 12.5. The monoisotopic (exact) mass is 444 g/mol. The zero-order valence-corrected chi connectivity index (χ0v) is 17.1. The number of hydrogen-bond acceptors (Lipinski definition) is 4. The van der Waals surface area contributed by atoms with E-state index in [-0.39, 0.29) is 10.6 Å². The van der Waals surface area contributed by atoms with Crippen molar-refractivity contribution in [1.82, 2.24) is 0 Å². The maximum Gasteiger partial charge on any atom is 0.259 e. The number of nitrogens with zero attached hydrogens (tertiary/aromatic N) is 1. The number of aromatic hydroxyl groups is 2. The van der Waals surface area contributed by atoms with E-state index in [0.717, 1.165) is 12.1 Å². The van der Waals surface area contributed by atoms with E-state index in [2.05, 4.69) is 11.4 Å². The highest BCUT2D eigenvalue weighted by Gasteiger charge is 2.21. The van der Waals surface area contributed by atoms with Crippen LogP contribution in [0.25, 0.3) is 0 Å². The Hall–Kier alpha value is -3.27. The highest BCUT2D eigenvalue weighted by molar-refractivity contribution is 6.32. The molecule has 3 aromatic carbocycles. The number of carbonyl (C=O) groups is 1. The Bertz CT molecular complexity index is 1170. The molecule has 3 aromatic rings. The third kappa shape index (κ3) is 4.18. The second kappa shape index (κ2) is 8.62. The Kier molecular flexibility index (Phi) is 6.16. The number of phenolic OH excluding ortho intramolecular Hbond substituents is 2. The number of hydrogen-bond donors (Lipinski definition) is 3. The van der Waals surface area contributed by atoms with Gasteiger partial charge in [0.05, 0.1) is 17.6 Å². The van der Waals surface area contributed by atoms with Crippen LogP contribution >= 0.6 is 23.2 Å². The summed E-state index contributed by atoms with van der Waals surface area (Å²) in [5.41, 5.74) is 1.92. The molecule has 0 aliphatic heterocycles. The smallest absolute Gasteiger partial charge is 0.259 e. The van der Waals surface area contributed by atoms with E-state index >= 15 is 0 Å². The molecule has 8 heteroatoms. The van der Waals surface area contributed by atoms with E-state index in [9.17, 15) is 24.7 Å². The summed E-state index contributed by atoms with van der Waals surface area (Å²) in [5, 5.41) is 32.3. The average molecular weight is 445 g/mol. The number of carbonyl (C=O) groups excluding carboxylic acids is 1. The van der Waals surface area contributed by atoms with E-state index in [0.29, 0.717) is 27.4 Å². The maximum atomic E-state index is 13.3. The first kappa shape index (κ1) is 21.4. The number of halogens is 3. The molecule has 0 spiro atoms. The molecule has 5 nitrogen and oxygen atoms in total. The van der Waals surface area contributed by atoms with Crippen LogP contribution in [-0.2, 0) is 0 Å². The molecular weight excluding hydrogens is 430 g/mol. The van der Waals surface area contributed by atoms with Gasteiger partial charge in [-0.05, 0) is 53.9 Å². The molecular formula is C22H15Cl2FN2O3. The van der Waals surface area contributed by atoms with Gasteiger partial charge in [-0.25, -0.2) is 4.39 Å². The molecule has 0 bridgehead atoms. The van der Waals surface area contributed by atoms with Gasteiger partial charge in [-0.15, -0.1) is 0 Å². The lowest BCUT2D eigenvalue weighted by Crippen LogP contribution is -2.14. The van der Waals surface area contributed by atoms with Crippen LogP contribution in [0, 0.1) is 24.1 Å². The van der Waals surface area contributed by atoms with Gasteiger partial charge in [-0.2, -0.15) is 5.26 Å². The second-order valence-corrected chi connectivity index (χ2v) is 7.39. The normalized spacial score (nSPS) is 11.6. The molecule has 0 fully saturated rings. The predicted molar refractivity (Wildman–Crippen MR) is 113 cm³/mol. The summed E-state index contributed by atoms with van der Waals surface area (Å²) >= 11 is 12.3. The van der Waals surface area contributed by atoms with Gasteiger partial charge in [-0.1, -0.05) is 41.4 Å². The molecule has 3 N–H and O–H groups in total. The molecule has 3 rings (SSSR count). The summed E-state index contributed by atoms with van der Waals surface area (Å²) in [6, 6.07) is 14.2. The van der Waals surface area contributed by atoms with E-state index in [1.807, 2.05) is 0 Å². The van der Waals surface area contributed by atoms with Crippen molar-refractivity contribution in [3.8, 4) is 17.6 Å².